The second-order valence-corrected chi connectivity index (χ2v) is 4.53. The minimum Gasteiger partial charge on any atom is -0.454 e. The third kappa shape index (κ3) is 3.73. The van der Waals surface area contributed by atoms with E-state index in [2.05, 4.69) is 19.6 Å². The lowest BCUT2D eigenvalue weighted by atomic mass is 9.97. The molecule has 0 aliphatic rings. The van der Waals surface area contributed by atoms with Gasteiger partial charge < -0.3 is 4.74 Å². The normalized spacial score (nSPS) is 11.9. The third-order valence-electron chi connectivity index (χ3n) is 2.89. The molecule has 1 unspecified atom stereocenters. The number of benzene rings is 1. The van der Waals surface area contributed by atoms with E-state index in [0.29, 0.717) is 5.57 Å². The smallest absolute Gasteiger partial charge is 0.333 e. The number of rotatable bonds is 6. The molecule has 0 aliphatic carbocycles. The standard InChI is InChI=1S/C16H22O2/c1-5-9-13-10-7-8-11-14(13)15(6-2)18-16(17)12(3)4/h7-8,10-11,15H,3,5-6,9H2,1-2,4H3. The second kappa shape index (κ2) is 7.00. The summed E-state index contributed by atoms with van der Waals surface area (Å²) in [5.74, 6) is -0.312. The molecule has 1 aromatic rings. The summed E-state index contributed by atoms with van der Waals surface area (Å²) in [4.78, 5) is 11.6. The van der Waals surface area contributed by atoms with E-state index in [0.717, 1.165) is 24.8 Å². The first-order valence-electron chi connectivity index (χ1n) is 6.54. The second-order valence-electron chi connectivity index (χ2n) is 4.53. The molecule has 0 radical (unpaired) electrons. The highest BCUT2D eigenvalue weighted by Gasteiger charge is 2.17. The van der Waals surface area contributed by atoms with Crippen molar-refractivity contribution in [3.8, 4) is 0 Å². The first kappa shape index (κ1) is 14.5. The molecule has 0 aromatic heterocycles. The Hall–Kier alpha value is -1.57. The third-order valence-corrected chi connectivity index (χ3v) is 2.89. The molecule has 0 spiro atoms. The number of hydrogen-bond acceptors (Lipinski definition) is 2. The minimum absolute atomic E-state index is 0.169. The fourth-order valence-electron chi connectivity index (χ4n) is 1.94. The Morgan fingerprint density at radius 2 is 2.00 bits per heavy atom. The van der Waals surface area contributed by atoms with Gasteiger partial charge in [-0.2, -0.15) is 0 Å². The van der Waals surface area contributed by atoms with Gasteiger partial charge in [0, 0.05) is 5.57 Å². The zero-order valence-electron chi connectivity index (χ0n) is 11.5. The van der Waals surface area contributed by atoms with Crippen molar-refractivity contribution < 1.29 is 9.53 Å². The molecular weight excluding hydrogens is 224 g/mol. The van der Waals surface area contributed by atoms with E-state index in [1.165, 1.54) is 5.56 Å². The van der Waals surface area contributed by atoms with Crippen molar-refractivity contribution in [1.29, 1.82) is 0 Å². The molecule has 18 heavy (non-hydrogen) atoms. The predicted molar refractivity (Wildman–Crippen MR) is 74.4 cm³/mol. The van der Waals surface area contributed by atoms with Gasteiger partial charge in [-0.05, 0) is 30.9 Å². The largest absolute Gasteiger partial charge is 0.454 e. The molecule has 0 fully saturated rings. The molecule has 0 bridgehead atoms. The molecule has 0 amide bonds. The van der Waals surface area contributed by atoms with Gasteiger partial charge in [-0.3, -0.25) is 0 Å². The van der Waals surface area contributed by atoms with Crippen LogP contribution in [-0.2, 0) is 16.0 Å². The summed E-state index contributed by atoms with van der Waals surface area (Å²) >= 11 is 0. The van der Waals surface area contributed by atoms with Crippen molar-refractivity contribution in [2.45, 2.75) is 46.1 Å². The molecule has 1 aromatic carbocycles. The van der Waals surface area contributed by atoms with Crippen LogP contribution in [0.25, 0.3) is 0 Å². The summed E-state index contributed by atoms with van der Waals surface area (Å²) in [5.41, 5.74) is 2.83. The van der Waals surface area contributed by atoms with Crippen molar-refractivity contribution in [1.82, 2.24) is 0 Å². The lowest BCUT2D eigenvalue weighted by Gasteiger charge is -2.19. The average Bonchev–Trinajstić information content (AvgIpc) is 2.37. The predicted octanol–water partition coefficient (Wildman–Crippen LogP) is 4.21. The molecular formula is C16H22O2. The summed E-state index contributed by atoms with van der Waals surface area (Å²) in [6.45, 7) is 9.47. The van der Waals surface area contributed by atoms with E-state index in [-0.39, 0.29) is 12.1 Å². The molecule has 0 aliphatic heterocycles. The average molecular weight is 246 g/mol. The van der Waals surface area contributed by atoms with Crippen molar-refractivity contribution in [2.75, 3.05) is 0 Å². The number of hydrogen-bond donors (Lipinski definition) is 0. The summed E-state index contributed by atoms with van der Waals surface area (Å²) in [6, 6.07) is 8.18. The molecule has 0 N–H and O–H groups in total. The number of carbonyl (C=O) groups excluding carboxylic acids is 1. The summed E-state index contributed by atoms with van der Waals surface area (Å²) < 4.78 is 5.50. The molecule has 0 saturated heterocycles. The Labute approximate surface area is 110 Å². The van der Waals surface area contributed by atoms with Crippen LogP contribution < -0.4 is 0 Å². The Balaban J connectivity index is 2.94. The van der Waals surface area contributed by atoms with Gasteiger partial charge in [0.25, 0.3) is 0 Å². The van der Waals surface area contributed by atoms with Crippen LogP contribution in [0.3, 0.4) is 0 Å². The number of ether oxygens (including phenoxy) is 1. The zero-order chi connectivity index (χ0) is 13.5. The fraction of sp³-hybridized carbons (Fsp3) is 0.438. The van der Waals surface area contributed by atoms with E-state index in [1.54, 1.807) is 6.92 Å². The first-order chi connectivity index (χ1) is 8.60. The SMILES string of the molecule is C=C(C)C(=O)OC(CC)c1ccccc1CCC. The van der Waals surface area contributed by atoms with E-state index >= 15 is 0 Å². The van der Waals surface area contributed by atoms with Gasteiger partial charge in [-0.25, -0.2) is 4.79 Å². The van der Waals surface area contributed by atoms with E-state index in [1.807, 2.05) is 25.1 Å². The van der Waals surface area contributed by atoms with Gasteiger partial charge in [-0.1, -0.05) is 51.1 Å². The van der Waals surface area contributed by atoms with Crippen LogP contribution in [0.1, 0.15) is 50.8 Å². The van der Waals surface area contributed by atoms with Crippen LogP contribution in [0.5, 0.6) is 0 Å². The molecule has 1 atom stereocenters. The highest BCUT2D eigenvalue weighted by atomic mass is 16.5. The van der Waals surface area contributed by atoms with Crippen LogP contribution in [0.15, 0.2) is 36.4 Å². The monoisotopic (exact) mass is 246 g/mol. The van der Waals surface area contributed by atoms with Gasteiger partial charge in [0.1, 0.15) is 6.10 Å². The van der Waals surface area contributed by atoms with Gasteiger partial charge >= 0.3 is 5.97 Å². The molecule has 2 nitrogen and oxygen atoms in total. The Morgan fingerprint density at radius 1 is 1.33 bits per heavy atom. The Kier molecular flexibility index (Phi) is 5.63. The number of esters is 1. The maximum Gasteiger partial charge on any atom is 0.333 e. The number of carbonyl (C=O) groups is 1. The zero-order valence-corrected chi connectivity index (χ0v) is 11.5. The fourth-order valence-corrected chi connectivity index (χ4v) is 1.94. The van der Waals surface area contributed by atoms with Gasteiger partial charge in [-0.15, -0.1) is 0 Å². The van der Waals surface area contributed by atoms with Gasteiger partial charge in [0.15, 0.2) is 0 Å². The van der Waals surface area contributed by atoms with Crippen LogP contribution in [-0.4, -0.2) is 5.97 Å². The summed E-state index contributed by atoms with van der Waals surface area (Å²) in [7, 11) is 0. The molecule has 0 heterocycles. The molecule has 2 heteroatoms. The highest BCUT2D eigenvalue weighted by molar-refractivity contribution is 5.87. The lowest BCUT2D eigenvalue weighted by Crippen LogP contribution is -2.12. The van der Waals surface area contributed by atoms with Crippen molar-refractivity contribution >= 4 is 5.97 Å². The Bertz CT molecular complexity index is 421. The lowest BCUT2D eigenvalue weighted by molar-refractivity contribution is -0.144. The van der Waals surface area contributed by atoms with Crippen molar-refractivity contribution in [2.24, 2.45) is 0 Å². The van der Waals surface area contributed by atoms with E-state index in [4.69, 9.17) is 4.74 Å². The highest BCUT2D eigenvalue weighted by Crippen LogP contribution is 2.26. The van der Waals surface area contributed by atoms with E-state index in [9.17, 15) is 4.79 Å². The summed E-state index contributed by atoms with van der Waals surface area (Å²) in [6.07, 6.45) is 2.70. The number of aryl methyl sites for hydroxylation is 1. The molecule has 0 saturated carbocycles. The topological polar surface area (TPSA) is 26.3 Å². The van der Waals surface area contributed by atoms with Crippen LogP contribution in [0.2, 0.25) is 0 Å². The quantitative estimate of drug-likeness (QED) is 0.555. The maximum atomic E-state index is 11.6. The van der Waals surface area contributed by atoms with E-state index < -0.39 is 0 Å². The molecule has 98 valence electrons. The van der Waals surface area contributed by atoms with Gasteiger partial charge in [0.2, 0.25) is 0 Å². The minimum atomic E-state index is -0.312. The maximum absolute atomic E-state index is 11.6. The summed E-state index contributed by atoms with van der Waals surface area (Å²) in [5, 5.41) is 0. The van der Waals surface area contributed by atoms with Crippen molar-refractivity contribution in [3.05, 3.63) is 47.5 Å². The first-order valence-corrected chi connectivity index (χ1v) is 6.54. The van der Waals surface area contributed by atoms with Crippen LogP contribution >= 0.6 is 0 Å². The molecule has 1 rings (SSSR count). The van der Waals surface area contributed by atoms with Crippen molar-refractivity contribution in [3.63, 3.8) is 0 Å². The van der Waals surface area contributed by atoms with Crippen LogP contribution in [0.4, 0.5) is 0 Å². The Morgan fingerprint density at radius 3 is 2.56 bits per heavy atom. The van der Waals surface area contributed by atoms with Crippen LogP contribution in [0, 0.1) is 0 Å². The van der Waals surface area contributed by atoms with Gasteiger partial charge in [0.05, 0.1) is 0 Å².